The number of methoxy groups -OCH3 is 1. The van der Waals surface area contributed by atoms with Crippen molar-refractivity contribution < 1.29 is 14.3 Å². The summed E-state index contributed by atoms with van der Waals surface area (Å²) in [5.41, 5.74) is 1.10. The molecule has 0 atom stereocenters. The van der Waals surface area contributed by atoms with Crippen LogP contribution in [0.5, 0.6) is 11.5 Å². The first-order valence-corrected chi connectivity index (χ1v) is 8.03. The van der Waals surface area contributed by atoms with E-state index >= 15 is 0 Å². The van der Waals surface area contributed by atoms with E-state index in [4.69, 9.17) is 9.47 Å². The Hall–Kier alpha value is -1.95. The van der Waals surface area contributed by atoms with Crippen LogP contribution in [-0.4, -0.2) is 58.4 Å². The number of carbonyl (C=O) groups excluding carboxylic acids is 1. The van der Waals surface area contributed by atoms with Gasteiger partial charge in [0, 0.05) is 13.1 Å². The van der Waals surface area contributed by atoms with Crippen molar-refractivity contribution in [2.75, 3.05) is 47.4 Å². The fourth-order valence-electron chi connectivity index (χ4n) is 2.12. The topological polar surface area (TPSA) is 62.8 Å². The number of hydrogen-bond acceptors (Lipinski definition) is 4. The van der Waals surface area contributed by atoms with Gasteiger partial charge in [-0.05, 0) is 58.1 Å². The molecule has 0 spiro atoms. The van der Waals surface area contributed by atoms with Gasteiger partial charge < -0.3 is 25.0 Å². The summed E-state index contributed by atoms with van der Waals surface area (Å²) < 4.78 is 10.8. The lowest BCUT2D eigenvalue weighted by Crippen LogP contribution is -2.37. The molecule has 0 heterocycles. The standard InChI is InChI=1S/C17H29N3O3/c1-5-23-15-8-7-14(13-16(15)22-4)9-11-19-17(21)18-10-6-12-20(2)3/h7-8,13H,5-6,9-12H2,1-4H3,(H2,18,19,21). The van der Waals surface area contributed by atoms with Gasteiger partial charge in [-0.2, -0.15) is 0 Å². The Morgan fingerprint density at radius 2 is 1.91 bits per heavy atom. The second-order valence-corrected chi connectivity index (χ2v) is 5.51. The second kappa shape index (κ2) is 10.7. The van der Waals surface area contributed by atoms with Crippen molar-refractivity contribution in [3.63, 3.8) is 0 Å². The van der Waals surface area contributed by atoms with E-state index in [-0.39, 0.29) is 6.03 Å². The Bertz CT molecular complexity index is 478. The molecule has 0 fully saturated rings. The molecular weight excluding hydrogens is 294 g/mol. The molecule has 0 radical (unpaired) electrons. The summed E-state index contributed by atoms with van der Waals surface area (Å²) >= 11 is 0. The number of carbonyl (C=O) groups is 1. The molecule has 6 nitrogen and oxygen atoms in total. The van der Waals surface area contributed by atoms with Crippen LogP contribution >= 0.6 is 0 Å². The van der Waals surface area contributed by atoms with E-state index in [1.54, 1.807) is 7.11 Å². The summed E-state index contributed by atoms with van der Waals surface area (Å²) in [6.45, 7) is 4.77. The lowest BCUT2D eigenvalue weighted by Gasteiger charge is -2.12. The van der Waals surface area contributed by atoms with Gasteiger partial charge in [0.25, 0.3) is 0 Å². The van der Waals surface area contributed by atoms with Gasteiger partial charge in [0.1, 0.15) is 0 Å². The van der Waals surface area contributed by atoms with Crippen molar-refractivity contribution in [3.8, 4) is 11.5 Å². The van der Waals surface area contributed by atoms with Crippen molar-refractivity contribution in [3.05, 3.63) is 23.8 Å². The lowest BCUT2D eigenvalue weighted by atomic mass is 10.1. The van der Waals surface area contributed by atoms with E-state index in [2.05, 4.69) is 15.5 Å². The van der Waals surface area contributed by atoms with E-state index in [0.717, 1.165) is 36.4 Å². The quantitative estimate of drug-likeness (QED) is 0.646. The fourth-order valence-corrected chi connectivity index (χ4v) is 2.12. The molecule has 1 rings (SSSR count). The normalized spacial score (nSPS) is 10.5. The van der Waals surface area contributed by atoms with Gasteiger partial charge >= 0.3 is 6.03 Å². The van der Waals surface area contributed by atoms with Crippen LogP contribution in [0.15, 0.2) is 18.2 Å². The van der Waals surface area contributed by atoms with Gasteiger partial charge in [-0.15, -0.1) is 0 Å². The number of rotatable bonds is 10. The van der Waals surface area contributed by atoms with Crippen LogP contribution in [0.2, 0.25) is 0 Å². The molecule has 2 N–H and O–H groups in total. The van der Waals surface area contributed by atoms with E-state index in [1.165, 1.54) is 0 Å². The predicted octanol–water partition coefficient (Wildman–Crippen LogP) is 1.89. The minimum atomic E-state index is -0.123. The number of amides is 2. The fraction of sp³-hybridized carbons (Fsp3) is 0.588. The summed E-state index contributed by atoms with van der Waals surface area (Å²) in [6, 6.07) is 5.71. The van der Waals surface area contributed by atoms with Gasteiger partial charge in [0.15, 0.2) is 11.5 Å². The maximum Gasteiger partial charge on any atom is 0.314 e. The molecule has 0 unspecified atom stereocenters. The number of benzene rings is 1. The van der Waals surface area contributed by atoms with Crippen LogP contribution in [0.3, 0.4) is 0 Å². The number of hydrogen-bond donors (Lipinski definition) is 2. The Kier molecular flexibility index (Phi) is 8.90. The first-order valence-electron chi connectivity index (χ1n) is 8.03. The molecule has 0 saturated carbocycles. The van der Waals surface area contributed by atoms with Crippen molar-refractivity contribution in [1.82, 2.24) is 15.5 Å². The van der Waals surface area contributed by atoms with Crippen LogP contribution in [-0.2, 0) is 6.42 Å². The monoisotopic (exact) mass is 323 g/mol. The molecule has 0 aromatic heterocycles. The molecule has 1 aromatic rings. The van der Waals surface area contributed by atoms with Gasteiger partial charge in [0.05, 0.1) is 13.7 Å². The van der Waals surface area contributed by atoms with Crippen LogP contribution in [0.4, 0.5) is 4.79 Å². The Morgan fingerprint density at radius 1 is 1.17 bits per heavy atom. The Labute approximate surface area is 139 Å². The molecule has 0 aliphatic rings. The van der Waals surface area contributed by atoms with Crippen molar-refractivity contribution >= 4 is 6.03 Å². The zero-order chi connectivity index (χ0) is 17.1. The van der Waals surface area contributed by atoms with Crippen molar-refractivity contribution in [2.45, 2.75) is 19.8 Å². The molecule has 0 bridgehead atoms. The third-order valence-corrected chi connectivity index (χ3v) is 3.29. The van der Waals surface area contributed by atoms with Crippen LogP contribution < -0.4 is 20.1 Å². The smallest absolute Gasteiger partial charge is 0.314 e. The highest BCUT2D eigenvalue weighted by Gasteiger charge is 2.06. The first-order chi connectivity index (χ1) is 11.1. The highest BCUT2D eigenvalue weighted by molar-refractivity contribution is 5.73. The molecule has 0 aliphatic carbocycles. The summed E-state index contributed by atoms with van der Waals surface area (Å²) in [5, 5.41) is 5.71. The zero-order valence-electron chi connectivity index (χ0n) is 14.6. The maximum atomic E-state index is 11.7. The van der Waals surface area contributed by atoms with E-state index in [1.807, 2.05) is 39.2 Å². The minimum absolute atomic E-state index is 0.123. The van der Waals surface area contributed by atoms with Crippen LogP contribution in [0.1, 0.15) is 18.9 Å². The van der Waals surface area contributed by atoms with Gasteiger partial charge in [-0.3, -0.25) is 0 Å². The third kappa shape index (κ3) is 7.74. The number of nitrogens with zero attached hydrogens (tertiary/aromatic N) is 1. The lowest BCUT2D eigenvalue weighted by molar-refractivity contribution is 0.240. The summed E-state index contributed by atoms with van der Waals surface area (Å²) in [5.74, 6) is 1.46. The van der Waals surface area contributed by atoms with Gasteiger partial charge in [-0.1, -0.05) is 6.07 Å². The largest absolute Gasteiger partial charge is 0.493 e. The summed E-state index contributed by atoms with van der Waals surface area (Å²) in [6.07, 6.45) is 1.68. The predicted molar refractivity (Wildman–Crippen MR) is 92.4 cm³/mol. The number of nitrogens with one attached hydrogen (secondary N) is 2. The van der Waals surface area contributed by atoms with Crippen LogP contribution in [0, 0.1) is 0 Å². The Morgan fingerprint density at radius 3 is 2.57 bits per heavy atom. The number of ether oxygens (including phenoxy) is 2. The molecule has 1 aromatic carbocycles. The average Bonchev–Trinajstić information content (AvgIpc) is 2.53. The van der Waals surface area contributed by atoms with Gasteiger partial charge in [0.2, 0.25) is 0 Å². The minimum Gasteiger partial charge on any atom is -0.493 e. The molecule has 6 heteroatoms. The zero-order valence-corrected chi connectivity index (χ0v) is 14.6. The molecular formula is C17H29N3O3. The highest BCUT2D eigenvalue weighted by atomic mass is 16.5. The van der Waals surface area contributed by atoms with E-state index in [9.17, 15) is 4.79 Å². The van der Waals surface area contributed by atoms with E-state index < -0.39 is 0 Å². The molecule has 23 heavy (non-hydrogen) atoms. The molecule has 0 saturated heterocycles. The van der Waals surface area contributed by atoms with Crippen LogP contribution in [0.25, 0.3) is 0 Å². The third-order valence-electron chi connectivity index (χ3n) is 3.29. The second-order valence-electron chi connectivity index (χ2n) is 5.51. The summed E-state index contributed by atoms with van der Waals surface area (Å²) in [4.78, 5) is 13.8. The average molecular weight is 323 g/mol. The SMILES string of the molecule is CCOc1ccc(CCNC(=O)NCCCN(C)C)cc1OC. The Balaban J connectivity index is 2.31. The van der Waals surface area contributed by atoms with Crippen molar-refractivity contribution in [2.24, 2.45) is 0 Å². The number of urea groups is 1. The molecule has 130 valence electrons. The maximum absolute atomic E-state index is 11.7. The van der Waals surface area contributed by atoms with Gasteiger partial charge in [-0.25, -0.2) is 4.79 Å². The molecule has 0 aliphatic heterocycles. The van der Waals surface area contributed by atoms with E-state index in [0.29, 0.717) is 19.7 Å². The molecule has 2 amide bonds. The summed E-state index contributed by atoms with van der Waals surface area (Å²) in [7, 11) is 5.66. The van der Waals surface area contributed by atoms with Crippen molar-refractivity contribution in [1.29, 1.82) is 0 Å². The highest BCUT2D eigenvalue weighted by Crippen LogP contribution is 2.28. The first kappa shape index (κ1) is 19.1.